The van der Waals surface area contributed by atoms with Gasteiger partial charge in [0.05, 0.1) is 0 Å². The second kappa shape index (κ2) is 8.13. The molecule has 1 atom stereocenters. The summed E-state index contributed by atoms with van der Waals surface area (Å²) in [7, 11) is 0. The number of aryl methyl sites for hydroxylation is 1. The Kier molecular flexibility index (Phi) is 5.92. The third-order valence-electron chi connectivity index (χ3n) is 3.68. The van der Waals surface area contributed by atoms with Gasteiger partial charge in [0, 0.05) is 18.0 Å². The van der Waals surface area contributed by atoms with Crippen molar-refractivity contribution < 1.29 is 14.7 Å². The highest BCUT2D eigenvalue weighted by Gasteiger charge is 2.15. The predicted molar refractivity (Wildman–Crippen MR) is 89.4 cm³/mol. The summed E-state index contributed by atoms with van der Waals surface area (Å²) in [5.74, 6) is -1.02. The lowest BCUT2D eigenvalue weighted by Crippen LogP contribution is -2.36. The van der Waals surface area contributed by atoms with Crippen molar-refractivity contribution in [2.24, 2.45) is 0 Å². The largest absolute Gasteiger partial charge is 0.481 e. The van der Waals surface area contributed by atoms with Crippen LogP contribution in [-0.2, 0) is 11.2 Å². The number of hydrogen-bond donors (Lipinski definition) is 2. The van der Waals surface area contributed by atoms with Crippen LogP contribution in [0.3, 0.4) is 0 Å². The third kappa shape index (κ3) is 5.58. The third-order valence-corrected chi connectivity index (χ3v) is 3.68. The van der Waals surface area contributed by atoms with E-state index in [4.69, 9.17) is 5.11 Å². The molecule has 2 aromatic rings. The molecule has 120 valence electrons. The molecule has 4 nitrogen and oxygen atoms in total. The molecule has 0 bridgehead atoms. The SMILES string of the molecule is Cc1ccc(C(=O)NC(CCC(=O)O)Cc2ccccc2)cc1. The van der Waals surface area contributed by atoms with Gasteiger partial charge in [-0.3, -0.25) is 9.59 Å². The lowest BCUT2D eigenvalue weighted by atomic mass is 10.0. The molecular weight excluding hydrogens is 290 g/mol. The molecule has 0 aromatic heterocycles. The monoisotopic (exact) mass is 311 g/mol. The van der Waals surface area contributed by atoms with Gasteiger partial charge >= 0.3 is 5.97 Å². The number of carbonyl (C=O) groups is 2. The topological polar surface area (TPSA) is 66.4 Å². The number of carboxylic acid groups (broad SMARTS) is 1. The van der Waals surface area contributed by atoms with E-state index in [1.165, 1.54) is 0 Å². The molecule has 0 aliphatic heterocycles. The van der Waals surface area contributed by atoms with Crippen molar-refractivity contribution in [2.45, 2.75) is 32.2 Å². The van der Waals surface area contributed by atoms with Crippen molar-refractivity contribution in [3.8, 4) is 0 Å². The lowest BCUT2D eigenvalue weighted by Gasteiger charge is -2.18. The zero-order valence-corrected chi connectivity index (χ0v) is 13.2. The molecule has 0 aliphatic carbocycles. The molecule has 1 amide bonds. The van der Waals surface area contributed by atoms with Gasteiger partial charge in [-0.2, -0.15) is 0 Å². The maximum absolute atomic E-state index is 12.3. The van der Waals surface area contributed by atoms with E-state index in [1.54, 1.807) is 12.1 Å². The van der Waals surface area contributed by atoms with Crippen LogP contribution in [0.4, 0.5) is 0 Å². The molecular formula is C19H21NO3. The first-order chi connectivity index (χ1) is 11.0. The van der Waals surface area contributed by atoms with Gasteiger partial charge in [0.15, 0.2) is 0 Å². The summed E-state index contributed by atoms with van der Waals surface area (Å²) in [6.45, 7) is 1.97. The Morgan fingerprint density at radius 2 is 1.70 bits per heavy atom. The van der Waals surface area contributed by atoms with Crippen molar-refractivity contribution in [1.29, 1.82) is 0 Å². The Balaban J connectivity index is 2.05. The lowest BCUT2D eigenvalue weighted by molar-refractivity contribution is -0.137. The normalized spacial score (nSPS) is 11.7. The fourth-order valence-electron chi connectivity index (χ4n) is 2.40. The minimum Gasteiger partial charge on any atom is -0.481 e. The van der Waals surface area contributed by atoms with Gasteiger partial charge < -0.3 is 10.4 Å². The number of benzene rings is 2. The number of carboxylic acids is 1. The smallest absolute Gasteiger partial charge is 0.303 e. The first-order valence-electron chi connectivity index (χ1n) is 7.68. The predicted octanol–water partition coefficient (Wildman–Crippen LogP) is 3.20. The molecule has 23 heavy (non-hydrogen) atoms. The highest BCUT2D eigenvalue weighted by Crippen LogP contribution is 2.10. The number of carbonyl (C=O) groups excluding carboxylic acids is 1. The van der Waals surface area contributed by atoms with Crippen LogP contribution in [-0.4, -0.2) is 23.0 Å². The summed E-state index contributed by atoms with van der Waals surface area (Å²) in [6, 6.07) is 16.9. The van der Waals surface area contributed by atoms with E-state index in [9.17, 15) is 9.59 Å². The van der Waals surface area contributed by atoms with Crippen LogP contribution in [0.2, 0.25) is 0 Å². The summed E-state index contributed by atoms with van der Waals surface area (Å²) < 4.78 is 0. The highest BCUT2D eigenvalue weighted by molar-refractivity contribution is 5.94. The maximum Gasteiger partial charge on any atom is 0.303 e. The van der Waals surface area contributed by atoms with Crippen LogP contribution >= 0.6 is 0 Å². The molecule has 0 heterocycles. The highest BCUT2D eigenvalue weighted by atomic mass is 16.4. The molecule has 0 radical (unpaired) electrons. The molecule has 2 aromatic carbocycles. The average Bonchev–Trinajstić information content (AvgIpc) is 2.54. The van der Waals surface area contributed by atoms with Crippen molar-refractivity contribution in [1.82, 2.24) is 5.32 Å². The van der Waals surface area contributed by atoms with Crippen molar-refractivity contribution >= 4 is 11.9 Å². The van der Waals surface area contributed by atoms with Gasteiger partial charge in [0.1, 0.15) is 0 Å². The zero-order chi connectivity index (χ0) is 16.7. The van der Waals surface area contributed by atoms with Crippen LogP contribution in [0.5, 0.6) is 0 Å². The Morgan fingerprint density at radius 1 is 1.04 bits per heavy atom. The van der Waals surface area contributed by atoms with Gasteiger partial charge in [0.2, 0.25) is 0 Å². The van der Waals surface area contributed by atoms with Gasteiger partial charge in [-0.25, -0.2) is 0 Å². The van der Waals surface area contributed by atoms with Crippen LogP contribution in [0.15, 0.2) is 54.6 Å². The molecule has 0 saturated heterocycles. The van der Waals surface area contributed by atoms with Gasteiger partial charge in [-0.1, -0.05) is 48.0 Å². The van der Waals surface area contributed by atoms with Crippen LogP contribution in [0, 0.1) is 6.92 Å². The second-order valence-corrected chi connectivity index (χ2v) is 5.66. The van der Waals surface area contributed by atoms with E-state index in [1.807, 2.05) is 49.4 Å². The molecule has 0 saturated carbocycles. The molecule has 0 spiro atoms. The van der Waals surface area contributed by atoms with E-state index in [0.717, 1.165) is 11.1 Å². The number of aliphatic carboxylic acids is 1. The van der Waals surface area contributed by atoms with Crippen LogP contribution < -0.4 is 5.32 Å². The fraction of sp³-hybridized carbons (Fsp3) is 0.263. The average molecular weight is 311 g/mol. The zero-order valence-electron chi connectivity index (χ0n) is 13.2. The van der Waals surface area contributed by atoms with Gasteiger partial charge in [0.25, 0.3) is 5.91 Å². The molecule has 0 fully saturated rings. The van der Waals surface area contributed by atoms with E-state index >= 15 is 0 Å². The van der Waals surface area contributed by atoms with Crippen LogP contribution in [0.1, 0.15) is 34.3 Å². The molecule has 0 aliphatic rings. The summed E-state index contributed by atoms with van der Waals surface area (Å²) in [5, 5.41) is 11.9. The van der Waals surface area contributed by atoms with Crippen molar-refractivity contribution in [3.63, 3.8) is 0 Å². The summed E-state index contributed by atoms with van der Waals surface area (Å²) in [5.41, 5.74) is 2.75. The summed E-state index contributed by atoms with van der Waals surface area (Å²) in [6.07, 6.45) is 1.05. The van der Waals surface area contributed by atoms with Crippen molar-refractivity contribution in [3.05, 3.63) is 71.3 Å². The van der Waals surface area contributed by atoms with Crippen LogP contribution in [0.25, 0.3) is 0 Å². The number of nitrogens with one attached hydrogen (secondary N) is 1. The first kappa shape index (κ1) is 16.7. The molecule has 2 N–H and O–H groups in total. The number of rotatable bonds is 7. The Hall–Kier alpha value is -2.62. The Morgan fingerprint density at radius 3 is 2.30 bits per heavy atom. The quantitative estimate of drug-likeness (QED) is 0.825. The maximum atomic E-state index is 12.3. The molecule has 2 rings (SSSR count). The second-order valence-electron chi connectivity index (χ2n) is 5.66. The Labute approximate surface area is 136 Å². The molecule has 4 heteroatoms. The molecule has 1 unspecified atom stereocenters. The Bertz CT molecular complexity index is 650. The van der Waals surface area contributed by atoms with Gasteiger partial charge in [-0.05, 0) is 37.5 Å². The standard InChI is InChI=1S/C19H21NO3/c1-14-7-9-16(10-8-14)19(23)20-17(11-12-18(21)22)13-15-5-3-2-4-6-15/h2-10,17H,11-13H2,1H3,(H,20,23)(H,21,22). The van der Waals surface area contributed by atoms with E-state index in [2.05, 4.69) is 5.32 Å². The minimum absolute atomic E-state index is 0.0334. The number of amides is 1. The summed E-state index contributed by atoms with van der Waals surface area (Å²) in [4.78, 5) is 23.2. The minimum atomic E-state index is -0.854. The summed E-state index contributed by atoms with van der Waals surface area (Å²) >= 11 is 0. The van der Waals surface area contributed by atoms with Gasteiger partial charge in [-0.15, -0.1) is 0 Å². The van der Waals surface area contributed by atoms with E-state index in [-0.39, 0.29) is 18.4 Å². The first-order valence-corrected chi connectivity index (χ1v) is 7.68. The van der Waals surface area contributed by atoms with Crippen molar-refractivity contribution in [2.75, 3.05) is 0 Å². The fourth-order valence-corrected chi connectivity index (χ4v) is 2.40. The number of hydrogen-bond acceptors (Lipinski definition) is 2. The van der Waals surface area contributed by atoms with E-state index < -0.39 is 5.97 Å². The van der Waals surface area contributed by atoms with E-state index in [0.29, 0.717) is 18.4 Å².